The Morgan fingerprint density at radius 2 is 1.81 bits per heavy atom. The van der Waals surface area contributed by atoms with Crippen LogP contribution >= 0.6 is 0 Å². The van der Waals surface area contributed by atoms with Gasteiger partial charge in [0.05, 0.1) is 18.9 Å². The standard InChI is InChI=1S/C20H31NO5Si/c1-13(26-27(7,8)20(3,4)5)17-18(23)21(19(17)25-14(2)22)15-11-9-10-12-16(15)24-6/h9-13,17,19H,1-8H3/t13-,17+,19-/m1/s1. The molecule has 1 heterocycles. The fraction of sp³-hybridized carbons (Fsp3) is 0.600. The molecule has 6 nitrogen and oxygen atoms in total. The highest BCUT2D eigenvalue weighted by Crippen LogP contribution is 2.43. The monoisotopic (exact) mass is 393 g/mol. The third-order valence-corrected chi connectivity index (χ3v) is 10.1. The van der Waals surface area contributed by atoms with Gasteiger partial charge >= 0.3 is 5.97 Å². The average Bonchev–Trinajstić information content (AvgIpc) is 2.53. The molecule has 1 aromatic rings. The summed E-state index contributed by atoms with van der Waals surface area (Å²) in [5, 5.41) is 0.0212. The van der Waals surface area contributed by atoms with E-state index in [1.807, 2.05) is 19.1 Å². The number of rotatable bonds is 6. The number of anilines is 1. The van der Waals surface area contributed by atoms with Gasteiger partial charge < -0.3 is 13.9 Å². The van der Waals surface area contributed by atoms with Gasteiger partial charge in [-0.05, 0) is 37.2 Å². The molecule has 1 aliphatic rings. The van der Waals surface area contributed by atoms with Crippen molar-refractivity contribution in [2.45, 2.75) is 65.1 Å². The topological polar surface area (TPSA) is 65.1 Å². The Kier molecular flexibility index (Phi) is 6.06. The number of amides is 1. The first-order chi connectivity index (χ1) is 12.4. The molecule has 0 bridgehead atoms. The molecular formula is C20H31NO5Si. The van der Waals surface area contributed by atoms with Crippen LogP contribution in [0, 0.1) is 5.92 Å². The van der Waals surface area contributed by atoms with Gasteiger partial charge in [0.15, 0.2) is 14.5 Å². The molecule has 1 fully saturated rings. The molecule has 1 aliphatic heterocycles. The average molecular weight is 394 g/mol. The van der Waals surface area contributed by atoms with Crippen molar-refractivity contribution >= 4 is 25.9 Å². The van der Waals surface area contributed by atoms with Crippen LogP contribution in [-0.2, 0) is 18.8 Å². The SMILES string of the molecule is COc1ccccc1N1C(=O)[C@H]([C@@H](C)O[Si](C)(C)C(C)(C)C)[C@H]1OC(C)=O. The van der Waals surface area contributed by atoms with Gasteiger partial charge in [0.1, 0.15) is 11.7 Å². The van der Waals surface area contributed by atoms with Gasteiger partial charge in [-0.1, -0.05) is 32.9 Å². The van der Waals surface area contributed by atoms with Gasteiger partial charge in [0.25, 0.3) is 0 Å². The number of carbonyl (C=O) groups is 2. The van der Waals surface area contributed by atoms with E-state index >= 15 is 0 Å². The maximum absolute atomic E-state index is 13.0. The maximum Gasteiger partial charge on any atom is 0.304 e. The van der Waals surface area contributed by atoms with Crippen LogP contribution in [0.25, 0.3) is 0 Å². The van der Waals surface area contributed by atoms with E-state index in [1.165, 1.54) is 11.8 Å². The minimum atomic E-state index is -2.07. The van der Waals surface area contributed by atoms with Crippen molar-refractivity contribution in [3.05, 3.63) is 24.3 Å². The number of carbonyl (C=O) groups excluding carboxylic acids is 2. The van der Waals surface area contributed by atoms with Crippen LogP contribution in [-0.4, -0.2) is 39.6 Å². The van der Waals surface area contributed by atoms with E-state index in [0.717, 1.165) is 0 Å². The van der Waals surface area contributed by atoms with E-state index in [2.05, 4.69) is 33.9 Å². The van der Waals surface area contributed by atoms with Gasteiger partial charge in [-0.15, -0.1) is 0 Å². The van der Waals surface area contributed by atoms with Crippen molar-refractivity contribution in [2.24, 2.45) is 5.92 Å². The number of ether oxygens (including phenoxy) is 2. The molecule has 0 spiro atoms. The number of hydrogen-bond donors (Lipinski definition) is 0. The van der Waals surface area contributed by atoms with Crippen LogP contribution < -0.4 is 9.64 Å². The van der Waals surface area contributed by atoms with Crippen LogP contribution in [0.1, 0.15) is 34.6 Å². The largest absolute Gasteiger partial charge is 0.495 e. The Bertz CT molecular complexity index is 713. The fourth-order valence-electron chi connectivity index (χ4n) is 3.01. The summed E-state index contributed by atoms with van der Waals surface area (Å²) in [6, 6.07) is 7.20. The molecule has 1 amide bonds. The van der Waals surface area contributed by atoms with Crippen LogP contribution in [0.15, 0.2) is 24.3 Å². The highest BCUT2D eigenvalue weighted by atomic mass is 28.4. The first-order valence-electron chi connectivity index (χ1n) is 9.22. The molecular weight excluding hydrogens is 362 g/mol. The summed E-state index contributed by atoms with van der Waals surface area (Å²) in [5.41, 5.74) is 0.590. The lowest BCUT2D eigenvalue weighted by atomic mass is 9.89. The van der Waals surface area contributed by atoms with Crippen molar-refractivity contribution in [3.63, 3.8) is 0 Å². The Hall–Kier alpha value is -1.86. The Labute approximate surface area is 162 Å². The second-order valence-electron chi connectivity index (χ2n) is 8.49. The number of nitrogens with zero attached hydrogens (tertiary/aromatic N) is 1. The first-order valence-corrected chi connectivity index (χ1v) is 12.1. The normalized spacial score (nSPS) is 21.5. The molecule has 0 radical (unpaired) electrons. The number of benzene rings is 1. The van der Waals surface area contributed by atoms with E-state index in [0.29, 0.717) is 11.4 Å². The molecule has 27 heavy (non-hydrogen) atoms. The zero-order valence-electron chi connectivity index (χ0n) is 17.5. The summed E-state index contributed by atoms with van der Waals surface area (Å²) in [4.78, 5) is 26.2. The molecule has 150 valence electrons. The lowest BCUT2D eigenvalue weighted by Crippen LogP contribution is -2.67. The minimum Gasteiger partial charge on any atom is -0.495 e. The van der Waals surface area contributed by atoms with Crippen molar-refractivity contribution in [3.8, 4) is 5.75 Å². The fourth-order valence-corrected chi connectivity index (χ4v) is 4.44. The molecule has 7 heteroatoms. The van der Waals surface area contributed by atoms with E-state index in [1.54, 1.807) is 19.2 Å². The van der Waals surface area contributed by atoms with E-state index in [-0.39, 0.29) is 17.0 Å². The number of methoxy groups -OCH3 is 1. The second-order valence-corrected chi connectivity index (χ2v) is 13.2. The summed E-state index contributed by atoms with van der Waals surface area (Å²) in [5.74, 6) is -0.541. The van der Waals surface area contributed by atoms with Gasteiger partial charge in [0, 0.05) is 6.92 Å². The maximum atomic E-state index is 13.0. The van der Waals surface area contributed by atoms with Gasteiger partial charge in [0.2, 0.25) is 5.91 Å². The highest BCUT2D eigenvalue weighted by Gasteiger charge is 2.55. The summed E-state index contributed by atoms with van der Waals surface area (Å²) in [6.45, 7) is 14.0. The third kappa shape index (κ3) is 4.19. The number of esters is 1. The van der Waals surface area contributed by atoms with Crippen LogP contribution in [0.3, 0.4) is 0 Å². The predicted octanol–water partition coefficient (Wildman–Crippen LogP) is 3.96. The predicted molar refractivity (Wildman–Crippen MR) is 107 cm³/mol. The molecule has 3 atom stereocenters. The van der Waals surface area contributed by atoms with Gasteiger partial charge in [-0.25, -0.2) is 0 Å². The van der Waals surface area contributed by atoms with E-state index in [4.69, 9.17) is 13.9 Å². The molecule has 2 rings (SSSR count). The summed E-state index contributed by atoms with van der Waals surface area (Å²) in [7, 11) is -0.521. The van der Waals surface area contributed by atoms with Gasteiger partial charge in [-0.2, -0.15) is 0 Å². The van der Waals surface area contributed by atoms with Crippen molar-refractivity contribution in [2.75, 3.05) is 12.0 Å². The zero-order valence-corrected chi connectivity index (χ0v) is 18.5. The molecule has 0 aliphatic carbocycles. The van der Waals surface area contributed by atoms with Crippen LogP contribution in [0.5, 0.6) is 5.75 Å². The minimum absolute atomic E-state index is 0.0212. The second kappa shape index (κ2) is 7.64. The Balaban J connectivity index is 2.30. The quantitative estimate of drug-likeness (QED) is 0.416. The Morgan fingerprint density at radius 1 is 1.22 bits per heavy atom. The van der Waals surface area contributed by atoms with Crippen molar-refractivity contribution < 1.29 is 23.5 Å². The third-order valence-electron chi connectivity index (χ3n) is 5.51. The lowest BCUT2D eigenvalue weighted by molar-refractivity contribution is -0.165. The smallest absolute Gasteiger partial charge is 0.304 e. The number of hydrogen-bond acceptors (Lipinski definition) is 5. The highest BCUT2D eigenvalue weighted by molar-refractivity contribution is 6.74. The summed E-state index contributed by atoms with van der Waals surface area (Å²) >= 11 is 0. The molecule has 0 saturated carbocycles. The van der Waals surface area contributed by atoms with Gasteiger partial charge in [-0.3, -0.25) is 14.5 Å². The van der Waals surface area contributed by atoms with E-state index < -0.39 is 26.4 Å². The Morgan fingerprint density at radius 3 is 2.33 bits per heavy atom. The number of β-lactam (4-membered cyclic amide) rings is 1. The molecule has 0 N–H and O–H groups in total. The summed E-state index contributed by atoms with van der Waals surface area (Å²) in [6.07, 6.45) is -1.06. The first kappa shape index (κ1) is 21.4. The lowest BCUT2D eigenvalue weighted by Gasteiger charge is -2.50. The molecule has 0 unspecified atom stereocenters. The molecule has 0 aromatic heterocycles. The van der Waals surface area contributed by atoms with Crippen molar-refractivity contribution in [1.29, 1.82) is 0 Å². The summed E-state index contributed by atoms with van der Waals surface area (Å²) < 4.78 is 17.3. The molecule has 1 aromatic carbocycles. The van der Waals surface area contributed by atoms with Crippen LogP contribution in [0.4, 0.5) is 5.69 Å². The number of para-hydroxylation sites is 2. The molecule has 1 saturated heterocycles. The zero-order chi connectivity index (χ0) is 20.6. The van der Waals surface area contributed by atoms with Crippen molar-refractivity contribution in [1.82, 2.24) is 0 Å². The van der Waals surface area contributed by atoms with Crippen LogP contribution in [0.2, 0.25) is 18.1 Å². The van der Waals surface area contributed by atoms with E-state index in [9.17, 15) is 9.59 Å².